The molecule has 0 unspecified atom stereocenters. The summed E-state index contributed by atoms with van der Waals surface area (Å²) < 4.78 is 0. The molecule has 106 valence electrons. The highest BCUT2D eigenvalue weighted by molar-refractivity contribution is 8.00. The molecule has 0 spiro atoms. The Hall–Kier alpha value is -1.96. The number of thioether (sulfide) groups is 1. The molecule has 0 aromatic heterocycles. The first-order valence-electron chi connectivity index (χ1n) is 6.32. The van der Waals surface area contributed by atoms with Crippen LogP contribution >= 0.6 is 23.4 Å². The van der Waals surface area contributed by atoms with Gasteiger partial charge >= 0.3 is 0 Å². The summed E-state index contributed by atoms with van der Waals surface area (Å²) in [5.74, 6) is 0.119. The third-order valence-electron chi connectivity index (χ3n) is 2.79. The Morgan fingerprint density at radius 2 is 1.81 bits per heavy atom. The second-order valence-corrected chi connectivity index (χ2v) is 5.62. The number of halogens is 1. The van der Waals surface area contributed by atoms with Crippen LogP contribution in [0.3, 0.4) is 0 Å². The molecule has 0 N–H and O–H groups in total. The van der Waals surface area contributed by atoms with Crippen molar-refractivity contribution in [3.8, 4) is 6.07 Å². The molecule has 21 heavy (non-hydrogen) atoms. The summed E-state index contributed by atoms with van der Waals surface area (Å²) in [4.78, 5) is 14.7. The van der Waals surface area contributed by atoms with Crippen molar-refractivity contribution in [1.29, 1.82) is 5.26 Å². The van der Waals surface area contributed by atoms with Crippen LogP contribution in [0.2, 0.25) is 5.02 Å². The number of rotatable bonds is 5. The Labute approximate surface area is 133 Å². The zero-order chi connectivity index (χ0) is 15.1. The van der Waals surface area contributed by atoms with Crippen molar-refractivity contribution in [2.45, 2.75) is 4.90 Å². The number of hydrogen-bond donors (Lipinski definition) is 0. The third-order valence-corrected chi connectivity index (χ3v) is 4.29. The molecule has 3 nitrogen and oxygen atoms in total. The van der Waals surface area contributed by atoms with E-state index in [4.69, 9.17) is 16.9 Å². The second kappa shape index (κ2) is 7.72. The fourth-order valence-electron chi connectivity index (χ4n) is 1.78. The number of benzene rings is 2. The van der Waals surface area contributed by atoms with Crippen LogP contribution in [0.25, 0.3) is 0 Å². The van der Waals surface area contributed by atoms with E-state index in [0.717, 1.165) is 10.6 Å². The number of amides is 1. The lowest BCUT2D eigenvalue weighted by atomic mass is 10.3. The van der Waals surface area contributed by atoms with E-state index in [9.17, 15) is 4.79 Å². The lowest BCUT2D eigenvalue weighted by Gasteiger charge is -2.19. The van der Waals surface area contributed by atoms with Gasteiger partial charge in [-0.1, -0.05) is 41.9 Å². The topological polar surface area (TPSA) is 44.1 Å². The largest absolute Gasteiger partial charge is 0.298 e. The van der Waals surface area contributed by atoms with E-state index in [0.29, 0.717) is 5.02 Å². The van der Waals surface area contributed by atoms with Gasteiger partial charge in [0, 0.05) is 10.6 Å². The summed E-state index contributed by atoms with van der Waals surface area (Å²) in [7, 11) is 0. The van der Waals surface area contributed by atoms with E-state index in [-0.39, 0.29) is 18.2 Å². The number of hydrogen-bond acceptors (Lipinski definition) is 3. The minimum absolute atomic E-state index is 0.0337. The average molecular weight is 317 g/mol. The maximum atomic E-state index is 12.3. The van der Waals surface area contributed by atoms with Gasteiger partial charge in [0.25, 0.3) is 0 Å². The normalized spacial score (nSPS) is 9.90. The van der Waals surface area contributed by atoms with Crippen molar-refractivity contribution in [3.63, 3.8) is 0 Å². The molecule has 1 amide bonds. The lowest BCUT2D eigenvalue weighted by molar-refractivity contribution is -0.116. The maximum Gasteiger partial charge on any atom is 0.238 e. The lowest BCUT2D eigenvalue weighted by Crippen LogP contribution is -2.32. The quantitative estimate of drug-likeness (QED) is 0.619. The first kappa shape index (κ1) is 15.4. The molecular weight excluding hydrogens is 304 g/mol. The van der Waals surface area contributed by atoms with Crippen molar-refractivity contribution in [2.24, 2.45) is 0 Å². The van der Waals surface area contributed by atoms with Crippen molar-refractivity contribution in [1.82, 2.24) is 0 Å². The first-order valence-corrected chi connectivity index (χ1v) is 7.68. The van der Waals surface area contributed by atoms with Crippen LogP contribution in [0.1, 0.15) is 0 Å². The Bertz CT molecular complexity index is 655. The van der Waals surface area contributed by atoms with Gasteiger partial charge in [0.05, 0.1) is 16.8 Å². The second-order valence-electron chi connectivity index (χ2n) is 4.19. The van der Waals surface area contributed by atoms with Crippen molar-refractivity contribution in [2.75, 3.05) is 17.2 Å². The van der Waals surface area contributed by atoms with E-state index >= 15 is 0 Å². The van der Waals surface area contributed by atoms with Gasteiger partial charge in [-0.05, 0) is 24.3 Å². The van der Waals surface area contributed by atoms with Crippen molar-refractivity contribution < 1.29 is 4.79 Å². The molecule has 0 heterocycles. The Kier molecular flexibility index (Phi) is 5.68. The molecule has 0 bridgehead atoms. The van der Waals surface area contributed by atoms with Crippen LogP contribution in [0, 0.1) is 11.3 Å². The third kappa shape index (κ3) is 4.25. The Morgan fingerprint density at radius 1 is 1.14 bits per heavy atom. The van der Waals surface area contributed by atoms with Crippen LogP contribution in [0.4, 0.5) is 5.69 Å². The monoisotopic (exact) mass is 316 g/mol. The number of nitriles is 1. The van der Waals surface area contributed by atoms with Gasteiger partial charge in [-0.15, -0.1) is 11.8 Å². The molecule has 0 fully saturated rings. The summed E-state index contributed by atoms with van der Waals surface area (Å²) in [5, 5.41) is 9.53. The van der Waals surface area contributed by atoms with Crippen LogP contribution in [0.5, 0.6) is 0 Å². The number of carbonyl (C=O) groups is 1. The molecular formula is C16H13ClN2OS. The molecule has 0 radical (unpaired) electrons. The van der Waals surface area contributed by atoms with Gasteiger partial charge in [0.1, 0.15) is 6.54 Å². The number of para-hydroxylation sites is 1. The standard InChI is InChI=1S/C16H13ClN2OS/c17-14-8-4-5-9-15(14)21-12-16(20)19(11-10-18)13-6-2-1-3-7-13/h1-9H,11-12H2. The Morgan fingerprint density at radius 3 is 2.48 bits per heavy atom. The van der Waals surface area contributed by atoms with Gasteiger partial charge in [-0.2, -0.15) is 5.26 Å². The van der Waals surface area contributed by atoms with Gasteiger partial charge in [-0.25, -0.2) is 0 Å². The molecule has 2 aromatic rings. The van der Waals surface area contributed by atoms with E-state index in [1.54, 1.807) is 6.07 Å². The molecule has 0 aliphatic rings. The highest BCUT2D eigenvalue weighted by Gasteiger charge is 2.15. The van der Waals surface area contributed by atoms with Gasteiger partial charge in [0.2, 0.25) is 5.91 Å². The van der Waals surface area contributed by atoms with E-state index in [2.05, 4.69) is 0 Å². The molecule has 2 rings (SSSR count). The van der Waals surface area contributed by atoms with Gasteiger partial charge in [-0.3, -0.25) is 9.69 Å². The summed E-state index contributed by atoms with van der Waals surface area (Å²) in [6.07, 6.45) is 0. The molecule has 5 heteroatoms. The highest BCUT2D eigenvalue weighted by atomic mass is 35.5. The predicted octanol–water partition coefficient (Wildman–Crippen LogP) is 3.99. The van der Waals surface area contributed by atoms with Crippen LogP contribution in [0.15, 0.2) is 59.5 Å². The fourth-order valence-corrected chi connectivity index (χ4v) is 2.90. The van der Waals surface area contributed by atoms with Crippen molar-refractivity contribution >= 4 is 35.0 Å². The molecule has 2 aromatic carbocycles. The van der Waals surface area contributed by atoms with Gasteiger partial charge in [0.15, 0.2) is 0 Å². The van der Waals surface area contributed by atoms with E-state index in [1.807, 2.05) is 54.6 Å². The smallest absolute Gasteiger partial charge is 0.238 e. The highest BCUT2D eigenvalue weighted by Crippen LogP contribution is 2.27. The first-order chi connectivity index (χ1) is 10.2. The zero-order valence-electron chi connectivity index (χ0n) is 11.2. The molecule has 0 atom stereocenters. The summed E-state index contributed by atoms with van der Waals surface area (Å²) in [5.41, 5.74) is 0.726. The number of anilines is 1. The predicted molar refractivity (Wildman–Crippen MR) is 86.6 cm³/mol. The van der Waals surface area contributed by atoms with E-state index < -0.39 is 0 Å². The summed E-state index contributed by atoms with van der Waals surface area (Å²) in [6, 6.07) is 18.6. The van der Waals surface area contributed by atoms with Crippen LogP contribution in [-0.4, -0.2) is 18.2 Å². The summed E-state index contributed by atoms with van der Waals surface area (Å²) in [6.45, 7) is 0.0337. The van der Waals surface area contributed by atoms with Gasteiger partial charge < -0.3 is 0 Å². The molecule has 0 saturated heterocycles. The minimum Gasteiger partial charge on any atom is -0.298 e. The van der Waals surface area contributed by atoms with Crippen LogP contribution in [-0.2, 0) is 4.79 Å². The zero-order valence-corrected chi connectivity index (χ0v) is 12.8. The maximum absolute atomic E-state index is 12.3. The molecule has 0 aliphatic carbocycles. The van der Waals surface area contributed by atoms with E-state index in [1.165, 1.54) is 16.7 Å². The SMILES string of the molecule is N#CCN(C(=O)CSc1ccccc1Cl)c1ccccc1. The molecule has 0 aliphatic heterocycles. The minimum atomic E-state index is -0.118. The average Bonchev–Trinajstić information content (AvgIpc) is 2.52. The summed E-state index contributed by atoms with van der Waals surface area (Å²) >= 11 is 7.44. The van der Waals surface area contributed by atoms with Crippen LogP contribution < -0.4 is 4.90 Å². The Balaban J connectivity index is 2.07. The molecule has 0 saturated carbocycles. The number of carbonyl (C=O) groups excluding carboxylic acids is 1. The number of nitrogens with zero attached hydrogens (tertiary/aromatic N) is 2. The fraction of sp³-hybridized carbons (Fsp3) is 0.125. The van der Waals surface area contributed by atoms with Crippen molar-refractivity contribution in [3.05, 3.63) is 59.6 Å².